The number of nitrogens with zero attached hydrogens (tertiary/aromatic N) is 3. The van der Waals surface area contributed by atoms with Gasteiger partial charge in [-0.25, -0.2) is 0 Å². The van der Waals surface area contributed by atoms with Crippen LogP contribution in [0.3, 0.4) is 0 Å². The minimum atomic E-state index is -0.449. The Morgan fingerprint density at radius 1 is 0.974 bits per heavy atom. The lowest BCUT2D eigenvalue weighted by Crippen LogP contribution is -2.28. The van der Waals surface area contributed by atoms with Crippen LogP contribution in [0.15, 0.2) is 78.9 Å². The van der Waals surface area contributed by atoms with E-state index in [2.05, 4.69) is 20.8 Å². The topological polar surface area (TPSA) is 114 Å². The van der Waals surface area contributed by atoms with Crippen molar-refractivity contribution >= 4 is 45.6 Å². The van der Waals surface area contributed by atoms with E-state index >= 15 is 0 Å². The molecule has 0 radical (unpaired) electrons. The Kier molecular flexibility index (Phi) is 7.41. The minimum Gasteiger partial charge on any atom is -0.497 e. The fourth-order valence-electron chi connectivity index (χ4n) is 4.15. The van der Waals surface area contributed by atoms with Gasteiger partial charge in [-0.15, -0.1) is 10.2 Å². The molecule has 3 amide bonds. The molecule has 2 N–H and O–H groups in total. The van der Waals surface area contributed by atoms with Crippen molar-refractivity contribution in [2.24, 2.45) is 5.92 Å². The molecule has 0 saturated carbocycles. The summed E-state index contributed by atoms with van der Waals surface area (Å²) in [5, 5.41) is 15.0. The molecule has 1 aliphatic heterocycles. The highest BCUT2D eigenvalue weighted by Crippen LogP contribution is 2.26. The third-order valence-corrected chi connectivity index (χ3v) is 7.02. The first kappa shape index (κ1) is 25.1. The summed E-state index contributed by atoms with van der Waals surface area (Å²) in [5.74, 6) is -0.294. The lowest BCUT2D eigenvalue weighted by molar-refractivity contribution is -0.122. The minimum absolute atomic E-state index is 0.0767. The number of amides is 3. The first-order valence-electron chi connectivity index (χ1n) is 12.0. The maximum absolute atomic E-state index is 12.8. The van der Waals surface area contributed by atoms with Crippen LogP contribution >= 0.6 is 11.3 Å². The summed E-state index contributed by atoms with van der Waals surface area (Å²) in [6, 6.07) is 23.6. The average Bonchev–Trinajstić information content (AvgIpc) is 3.56. The molecule has 1 aromatic heterocycles. The molecule has 5 rings (SSSR count). The summed E-state index contributed by atoms with van der Waals surface area (Å²) in [6.45, 7) is 0.331. The predicted octanol–water partition coefficient (Wildman–Crippen LogP) is 4.38. The molecule has 0 bridgehead atoms. The second-order valence-electron chi connectivity index (χ2n) is 8.79. The summed E-state index contributed by atoms with van der Waals surface area (Å²) in [7, 11) is 1.62. The van der Waals surface area contributed by atoms with Gasteiger partial charge in [-0.1, -0.05) is 41.7 Å². The zero-order chi connectivity index (χ0) is 26.5. The highest BCUT2D eigenvalue weighted by molar-refractivity contribution is 7.15. The van der Waals surface area contributed by atoms with E-state index in [1.807, 2.05) is 54.6 Å². The fraction of sp³-hybridized carbons (Fsp3) is 0.179. The molecule has 10 heteroatoms. The number of ether oxygens (including phenoxy) is 1. The van der Waals surface area contributed by atoms with Crippen LogP contribution in [-0.2, 0) is 16.0 Å². The maximum Gasteiger partial charge on any atom is 0.257 e. The van der Waals surface area contributed by atoms with E-state index in [0.717, 1.165) is 22.0 Å². The molecule has 1 atom stereocenters. The quantitative estimate of drug-likeness (QED) is 0.352. The Morgan fingerprint density at radius 3 is 2.42 bits per heavy atom. The zero-order valence-electron chi connectivity index (χ0n) is 20.6. The third kappa shape index (κ3) is 5.87. The van der Waals surface area contributed by atoms with Crippen molar-refractivity contribution in [3.63, 3.8) is 0 Å². The highest BCUT2D eigenvalue weighted by atomic mass is 32.1. The third-order valence-electron chi connectivity index (χ3n) is 6.18. The predicted molar refractivity (Wildman–Crippen MR) is 146 cm³/mol. The molecule has 1 unspecified atom stereocenters. The van der Waals surface area contributed by atoms with Gasteiger partial charge in [-0.05, 0) is 54.1 Å². The van der Waals surface area contributed by atoms with Gasteiger partial charge in [0.2, 0.25) is 16.9 Å². The SMILES string of the molecule is COc1ccc(Cc2nnc(NC(=O)c3ccc(NC(=O)C4CC(=O)N(c5ccccc5)C4)cc3)s2)cc1. The molecule has 38 heavy (non-hydrogen) atoms. The van der Waals surface area contributed by atoms with Crippen molar-refractivity contribution in [3.05, 3.63) is 95.0 Å². The van der Waals surface area contributed by atoms with E-state index < -0.39 is 5.92 Å². The number of methoxy groups -OCH3 is 1. The molecule has 4 aromatic rings. The molecular weight excluding hydrogens is 502 g/mol. The van der Waals surface area contributed by atoms with E-state index in [9.17, 15) is 14.4 Å². The monoisotopic (exact) mass is 527 g/mol. The second kappa shape index (κ2) is 11.2. The molecule has 2 heterocycles. The first-order valence-corrected chi connectivity index (χ1v) is 12.8. The van der Waals surface area contributed by atoms with Crippen LogP contribution in [-0.4, -0.2) is 41.6 Å². The van der Waals surface area contributed by atoms with Gasteiger partial charge in [0.05, 0.1) is 13.0 Å². The van der Waals surface area contributed by atoms with E-state index in [1.165, 1.54) is 11.3 Å². The molecule has 1 fully saturated rings. The van der Waals surface area contributed by atoms with Crippen molar-refractivity contribution in [1.29, 1.82) is 0 Å². The van der Waals surface area contributed by atoms with Crippen molar-refractivity contribution < 1.29 is 19.1 Å². The van der Waals surface area contributed by atoms with Crippen LogP contribution < -0.4 is 20.3 Å². The van der Waals surface area contributed by atoms with Gasteiger partial charge in [0.1, 0.15) is 10.8 Å². The number of hydrogen-bond donors (Lipinski definition) is 2. The number of anilines is 3. The number of benzene rings is 3. The van der Waals surface area contributed by atoms with Crippen LogP contribution in [0.25, 0.3) is 0 Å². The molecule has 0 spiro atoms. The number of para-hydroxylation sites is 1. The number of carbonyl (C=O) groups excluding carboxylic acids is 3. The summed E-state index contributed by atoms with van der Waals surface area (Å²) in [6.07, 6.45) is 0.755. The van der Waals surface area contributed by atoms with Crippen LogP contribution in [0.4, 0.5) is 16.5 Å². The smallest absolute Gasteiger partial charge is 0.257 e. The molecule has 192 valence electrons. The maximum atomic E-state index is 12.8. The van der Waals surface area contributed by atoms with Gasteiger partial charge in [0.15, 0.2) is 0 Å². The highest BCUT2D eigenvalue weighted by Gasteiger charge is 2.35. The number of carbonyl (C=O) groups is 3. The van der Waals surface area contributed by atoms with E-state index in [-0.39, 0.29) is 24.1 Å². The number of rotatable bonds is 8. The number of nitrogens with one attached hydrogen (secondary N) is 2. The Hall–Kier alpha value is -4.57. The van der Waals surface area contributed by atoms with Crippen molar-refractivity contribution in [2.75, 3.05) is 29.2 Å². The lowest BCUT2D eigenvalue weighted by atomic mass is 10.1. The van der Waals surface area contributed by atoms with Crippen LogP contribution in [0.5, 0.6) is 5.75 Å². The molecule has 1 aliphatic rings. The standard InChI is InChI=1S/C28H25N5O4S/c1-37-23-13-7-18(8-14-23)15-24-31-32-28(38-24)30-26(35)19-9-11-21(12-10-19)29-27(36)20-16-25(34)33(17-20)22-5-3-2-4-6-22/h2-14,20H,15-17H2,1H3,(H,29,36)(H,30,32,35). The summed E-state index contributed by atoms with van der Waals surface area (Å²) < 4.78 is 5.17. The molecular formula is C28H25N5O4S. The molecule has 1 saturated heterocycles. The van der Waals surface area contributed by atoms with Crippen molar-refractivity contribution in [2.45, 2.75) is 12.8 Å². The van der Waals surface area contributed by atoms with Gasteiger partial charge in [0, 0.05) is 36.3 Å². The Balaban J connectivity index is 1.14. The average molecular weight is 528 g/mol. The Morgan fingerprint density at radius 2 is 1.71 bits per heavy atom. The zero-order valence-corrected chi connectivity index (χ0v) is 21.4. The largest absolute Gasteiger partial charge is 0.497 e. The number of aromatic nitrogens is 2. The number of hydrogen-bond acceptors (Lipinski definition) is 7. The Bertz CT molecular complexity index is 1440. The summed E-state index contributed by atoms with van der Waals surface area (Å²) in [5.41, 5.74) is 2.81. The Labute approximate surface area is 223 Å². The van der Waals surface area contributed by atoms with E-state index in [4.69, 9.17) is 4.74 Å². The summed E-state index contributed by atoms with van der Waals surface area (Å²) >= 11 is 1.31. The first-order chi connectivity index (χ1) is 18.5. The lowest BCUT2D eigenvalue weighted by Gasteiger charge is -2.16. The van der Waals surface area contributed by atoms with E-state index in [1.54, 1.807) is 36.3 Å². The molecule has 3 aromatic carbocycles. The molecule has 9 nitrogen and oxygen atoms in total. The fourth-order valence-corrected chi connectivity index (χ4v) is 4.92. The normalized spacial score (nSPS) is 14.8. The van der Waals surface area contributed by atoms with Crippen LogP contribution in [0.1, 0.15) is 27.3 Å². The van der Waals surface area contributed by atoms with Gasteiger partial charge in [-0.2, -0.15) is 0 Å². The van der Waals surface area contributed by atoms with Gasteiger partial charge in [-0.3, -0.25) is 19.7 Å². The van der Waals surface area contributed by atoms with Crippen LogP contribution in [0, 0.1) is 5.92 Å². The van der Waals surface area contributed by atoms with E-state index in [0.29, 0.717) is 29.3 Å². The molecule has 0 aliphatic carbocycles. The van der Waals surface area contributed by atoms with Gasteiger partial charge in [0.25, 0.3) is 5.91 Å². The summed E-state index contributed by atoms with van der Waals surface area (Å²) in [4.78, 5) is 39.5. The van der Waals surface area contributed by atoms with Crippen molar-refractivity contribution in [3.8, 4) is 5.75 Å². The van der Waals surface area contributed by atoms with Gasteiger partial charge < -0.3 is 15.0 Å². The van der Waals surface area contributed by atoms with Crippen molar-refractivity contribution in [1.82, 2.24) is 10.2 Å². The second-order valence-corrected chi connectivity index (χ2v) is 9.85. The van der Waals surface area contributed by atoms with Crippen LogP contribution in [0.2, 0.25) is 0 Å². The van der Waals surface area contributed by atoms with Gasteiger partial charge >= 0.3 is 0 Å².